The van der Waals surface area contributed by atoms with Gasteiger partial charge in [0, 0.05) is 11.6 Å². The minimum atomic E-state index is -4.82. The van der Waals surface area contributed by atoms with Gasteiger partial charge >= 0.3 is 12.3 Å². The van der Waals surface area contributed by atoms with Crippen LogP contribution in [0.1, 0.15) is 16.7 Å². The van der Waals surface area contributed by atoms with Gasteiger partial charge in [0.25, 0.3) is 0 Å². The van der Waals surface area contributed by atoms with Crippen molar-refractivity contribution in [2.75, 3.05) is 14.2 Å². The second-order valence-electron chi connectivity index (χ2n) is 7.39. The molecule has 3 aromatic rings. The lowest BCUT2D eigenvalue weighted by atomic mass is 10.1. The lowest BCUT2D eigenvalue weighted by Gasteiger charge is -2.12. The molecule has 1 aliphatic heterocycles. The Hall–Kier alpha value is -4.05. The molecule has 186 valence electrons. The highest BCUT2D eigenvalue weighted by atomic mass is 32.2. The van der Waals surface area contributed by atoms with Gasteiger partial charge in [-0.3, -0.25) is 0 Å². The molecule has 1 aliphatic rings. The van der Waals surface area contributed by atoms with E-state index in [0.717, 1.165) is 17.7 Å². The quantitative estimate of drug-likeness (QED) is 0.292. The van der Waals surface area contributed by atoms with E-state index < -0.39 is 28.9 Å². The van der Waals surface area contributed by atoms with E-state index in [1.165, 1.54) is 32.4 Å². The molecule has 0 amide bonds. The number of carbonyl (C=O) groups excluding carboxylic acids is 1. The summed E-state index contributed by atoms with van der Waals surface area (Å²) >= 11 is 0. The lowest BCUT2D eigenvalue weighted by molar-refractivity contribution is -0.274. The number of alkyl halides is 3. The molecule has 0 aromatic heterocycles. The highest BCUT2D eigenvalue weighted by molar-refractivity contribution is 7.95. The van der Waals surface area contributed by atoms with Crippen LogP contribution in [0.5, 0.6) is 17.2 Å². The molecule has 1 unspecified atom stereocenters. The maximum absolute atomic E-state index is 13.5. The Kier molecular flexibility index (Phi) is 7.16. The standard InChI is InChI=1S/C26H19F3O6S/c1-32-20-12-13-21-22(15-20)36(31)25(17-6-10-19(11-7-17)35-26(27,28)29)24(21)34-18-8-3-16(4-9-18)5-14-23(30)33-2/h3-15H,1-2H3/b14-5+. The molecule has 0 radical (unpaired) electrons. The number of fused-ring (bicyclic) bond motifs is 1. The zero-order chi connectivity index (χ0) is 25.9. The van der Waals surface area contributed by atoms with Crippen LogP contribution < -0.4 is 14.2 Å². The van der Waals surface area contributed by atoms with Crippen LogP contribution in [-0.2, 0) is 20.3 Å². The first-order valence-electron chi connectivity index (χ1n) is 10.4. The zero-order valence-electron chi connectivity index (χ0n) is 19.0. The summed E-state index contributed by atoms with van der Waals surface area (Å²) in [6.45, 7) is 0. The Bertz CT molecular complexity index is 1360. The molecule has 1 atom stereocenters. The topological polar surface area (TPSA) is 71.1 Å². The Morgan fingerprint density at radius 2 is 1.53 bits per heavy atom. The van der Waals surface area contributed by atoms with Crippen LogP contribution in [0.25, 0.3) is 16.7 Å². The second kappa shape index (κ2) is 10.3. The van der Waals surface area contributed by atoms with Crippen molar-refractivity contribution in [3.63, 3.8) is 0 Å². The van der Waals surface area contributed by atoms with Gasteiger partial charge in [0.2, 0.25) is 0 Å². The van der Waals surface area contributed by atoms with E-state index in [0.29, 0.717) is 38.2 Å². The predicted octanol–water partition coefficient (Wildman–Crippen LogP) is 5.81. The third-order valence-electron chi connectivity index (χ3n) is 5.09. The van der Waals surface area contributed by atoms with Gasteiger partial charge in [-0.15, -0.1) is 13.2 Å². The van der Waals surface area contributed by atoms with Crippen LogP contribution in [0.2, 0.25) is 0 Å². The van der Waals surface area contributed by atoms with Crippen LogP contribution in [0.4, 0.5) is 13.2 Å². The molecule has 0 fully saturated rings. The zero-order valence-corrected chi connectivity index (χ0v) is 19.8. The fraction of sp³-hybridized carbons (Fsp3) is 0.115. The van der Waals surface area contributed by atoms with Gasteiger partial charge in [-0.05, 0) is 71.8 Å². The predicted molar refractivity (Wildman–Crippen MR) is 127 cm³/mol. The number of ether oxygens (including phenoxy) is 4. The third-order valence-corrected chi connectivity index (χ3v) is 6.62. The molecular formula is C26H19F3O6S. The van der Waals surface area contributed by atoms with Crippen LogP contribution in [0.3, 0.4) is 0 Å². The van der Waals surface area contributed by atoms with E-state index in [-0.39, 0.29) is 0 Å². The summed E-state index contributed by atoms with van der Waals surface area (Å²) in [6.07, 6.45) is -1.96. The molecule has 4 rings (SSSR count). The lowest BCUT2D eigenvalue weighted by Crippen LogP contribution is -2.17. The molecule has 0 saturated carbocycles. The Morgan fingerprint density at radius 1 is 0.889 bits per heavy atom. The van der Waals surface area contributed by atoms with Crippen molar-refractivity contribution in [1.29, 1.82) is 0 Å². The van der Waals surface area contributed by atoms with E-state index in [1.807, 2.05) is 0 Å². The van der Waals surface area contributed by atoms with E-state index >= 15 is 0 Å². The summed E-state index contributed by atoms with van der Waals surface area (Å²) in [5.74, 6) is 0.340. The monoisotopic (exact) mass is 516 g/mol. The van der Waals surface area contributed by atoms with Gasteiger partial charge in [-0.25, -0.2) is 9.00 Å². The molecule has 6 nitrogen and oxygen atoms in total. The Morgan fingerprint density at radius 3 is 2.14 bits per heavy atom. The maximum atomic E-state index is 13.5. The Balaban J connectivity index is 1.71. The Labute approximate surface area is 207 Å². The molecule has 0 spiro atoms. The molecule has 1 heterocycles. The molecule has 0 N–H and O–H groups in total. The summed E-state index contributed by atoms with van der Waals surface area (Å²) in [5.41, 5.74) is 1.70. The number of carbonyl (C=O) groups is 1. The van der Waals surface area contributed by atoms with Gasteiger partial charge in [-0.2, -0.15) is 0 Å². The first-order chi connectivity index (χ1) is 17.2. The molecule has 10 heteroatoms. The minimum Gasteiger partial charge on any atom is -0.497 e. The highest BCUT2D eigenvalue weighted by Gasteiger charge is 2.33. The first-order valence-corrected chi connectivity index (χ1v) is 11.6. The van der Waals surface area contributed by atoms with Gasteiger partial charge < -0.3 is 18.9 Å². The average molecular weight is 516 g/mol. The van der Waals surface area contributed by atoms with Gasteiger partial charge in [0.15, 0.2) is 5.76 Å². The molecule has 0 bridgehead atoms. The molecule has 0 saturated heterocycles. The fourth-order valence-corrected chi connectivity index (χ4v) is 4.91. The fourth-order valence-electron chi connectivity index (χ4n) is 3.43. The van der Waals surface area contributed by atoms with Crippen LogP contribution in [-0.4, -0.2) is 30.8 Å². The number of methoxy groups -OCH3 is 2. The summed E-state index contributed by atoms with van der Waals surface area (Å²) in [6, 6.07) is 16.9. The number of halogens is 3. The summed E-state index contributed by atoms with van der Waals surface area (Å²) in [7, 11) is 1.08. The van der Waals surface area contributed by atoms with E-state index in [9.17, 15) is 22.2 Å². The molecular weight excluding hydrogens is 497 g/mol. The number of rotatable bonds is 7. The first kappa shape index (κ1) is 25.1. The van der Waals surface area contributed by atoms with Crippen molar-refractivity contribution in [2.45, 2.75) is 11.3 Å². The van der Waals surface area contributed by atoms with E-state index in [2.05, 4.69) is 9.47 Å². The van der Waals surface area contributed by atoms with Crippen LogP contribution >= 0.6 is 0 Å². The number of esters is 1. The summed E-state index contributed by atoms with van der Waals surface area (Å²) in [4.78, 5) is 12.0. The van der Waals surface area contributed by atoms with E-state index in [4.69, 9.17) is 9.47 Å². The van der Waals surface area contributed by atoms with Crippen molar-refractivity contribution in [3.8, 4) is 17.2 Å². The highest BCUT2D eigenvalue weighted by Crippen LogP contribution is 2.44. The maximum Gasteiger partial charge on any atom is 0.573 e. The van der Waals surface area contributed by atoms with Gasteiger partial charge in [0.05, 0.1) is 34.8 Å². The average Bonchev–Trinajstić information content (AvgIpc) is 3.13. The van der Waals surface area contributed by atoms with E-state index in [1.54, 1.807) is 48.5 Å². The molecule has 3 aromatic carbocycles. The van der Waals surface area contributed by atoms with Gasteiger partial charge in [0.1, 0.15) is 17.2 Å². The van der Waals surface area contributed by atoms with Crippen molar-refractivity contribution in [1.82, 2.24) is 0 Å². The van der Waals surface area contributed by atoms with Crippen molar-refractivity contribution >= 4 is 33.5 Å². The van der Waals surface area contributed by atoms with Crippen molar-refractivity contribution in [2.24, 2.45) is 0 Å². The van der Waals surface area contributed by atoms with Gasteiger partial charge in [-0.1, -0.05) is 12.1 Å². The largest absolute Gasteiger partial charge is 0.573 e. The number of hydrogen-bond acceptors (Lipinski definition) is 6. The molecule has 0 aliphatic carbocycles. The van der Waals surface area contributed by atoms with Crippen molar-refractivity contribution < 1.29 is 41.1 Å². The van der Waals surface area contributed by atoms with Crippen LogP contribution in [0, 0.1) is 0 Å². The third kappa shape index (κ3) is 5.60. The SMILES string of the molecule is COC(=O)/C=C/c1ccc(OC2=C(c3ccc(OC(F)(F)F)cc3)S(=O)c3cc(OC)ccc32)cc1. The number of benzene rings is 3. The van der Waals surface area contributed by atoms with Crippen LogP contribution in [0.15, 0.2) is 77.7 Å². The summed E-state index contributed by atoms with van der Waals surface area (Å²) < 4.78 is 71.0. The number of hydrogen-bond donors (Lipinski definition) is 0. The smallest absolute Gasteiger partial charge is 0.497 e. The molecule has 36 heavy (non-hydrogen) atoms. The van der Waals surface area contributed by atoms with Crippen molar-refractivity contribution in [3.05, 3.63) is 89.5 Å². The summed E-state index contributed by atoms with van der Waals surface area (Å²) in [5, 5.41) is 0. The normalized spacial score (nSPS) is 15.1. The second-order valence-corrected chi connectivity index (χ2v) is 8.77. The minimum absolute atomic E-state index is 0.298.